The Balaban J connectivity index is 1.38. The number of carbonyl (C=O) groups excluding carboxylic acids is 2. The number of nitrogens with one attached hydrogen (secondary N) is 1. The highest BCUT2D eigenvalue weighted by Crippen LogP contribution is 2.60. The van der Waals surface area contributed by atoms with Gasteiger partial charge in [-0.2, -0.15) is 0 Å². The molecule has 1 heterocycles. The maximum Gasteiger partial charge on any atom is 0.267 e. The maximum atomic E-state index is 13.2. The van der Waals surface area contributed by atoms with E-state index < -0.39 is 6.10 Å². The van der Waals surface area contributed by atoms with Crippen LogP contribution in [0, 0.1) is 23.2 Å². The van der Waals surface area contributed by atoms with Gasteiger partial charge in [0.1, 0.15) is 5.75 Å². The van der Waals surface area contributed by atoms with Crippen LogP contribution in [-0.4, -0.2) is 25.0 Å². The number of anilines is 2. The third kappa shape index (κ3) is 2.36. The highest BCUT2D eigenvalue weighted by Gasteiger charge is 2.54. The highest BCUT2D eigenvalue weighted by atomic mass is 16.5. The van der Waals surface area contributed by atoms with Gasteiger partial charge in [0.15, 0.2) is 6.10 Å². The molecule has 1 aromatic carbocycles. The molecule has 1 atom stereocenters. The van der Waals surface area contributed by atoms with E-state index in [1.807, 2.05) is 18.2 Å². The van der Waals surface area contributed by atoms with Crippen LogP contribution in [0.3, 0.4) is 0 Å². The summed E-state index contributed by atoms with van der Waals surface area (Å²) in [6.07, 6.45) is 6.66. The molecule has 4 bridgehead atoms. The third-order valence-corrected chi connectivity index (χ3v) is 7.08. The van der Waals surface area contributed by atoms with Crippen molar-refractivity contribution in [1.82, 2.24) is 0 Å². The predicted octanol–water partition coefficient (Wildman–Crippen LogP) is 3.59. The fourth-order valence-electron chi connectivity index (χ4n) is 6.25. The molecular weight excluding hydrogens is 328 g/mol. The first-order valence-corrected chi connectivity index (χ1v) is 9.83. The maximum absolute atomic E-state index is 13.2. The minimum absolute atomic E-state index is 0.0529. The number of fused-ring (bicyclic) bond motifs is 1. The van der Waals surface area contributed by atoms with E-state index in [2.05, 4.69) is 5.32 Å². The number of amides is 2. The molecule has 138 valence electrons. The van der Waals surface area contributed by atoms with Crippen LogP contribution < -0.4 is 15.0 Å². The first-order chi connectivity index (χ1) is 12.4. The topological polar surface area (TPSA) is 58.6 Å². The van der Waals surface area contributed by atoms with E-state index in [4.69, 9.17) is 4.74 Å². The predicted molar refractivity (Wildman–Crippen MR) is 99.2 cm³/mol. The molecule has 5 aliphatic rings. The van der Waals surface area contributed by atoms with Gasteiger partial charge in [-0.15, -0.1) is 0 Å². The fourth-order valence-corrected chi connectivity index (χ4v) is 6.25. The van der Waals surface area contributed by atoms with Crippen molar-refractivity contribution in [3.63, 3.8) is 0 Å². The SMILES string of the molecule is CC1Oc2cc(NC(=O)C34CC5CC(CC(C5)C3)C4)ccc2N(C)C1=O. The summed E-state index contributed by atoms with van der Waals surface area (Å²) in [5, 5.41) is 3.17. The normalized spacial score (nSPS) is 37.3. The number of nitrogens with zero attached hydrogens (tertiary/aromatic N) is 1. The van der Waals surface area contributed by atoms with Crippen LogP contribution in [0.5, 0.6) is 5.75 Å². The molecule has 4 aliphatic carbocycles. The van der Waals surface area contributed by atoms with E-state index in [0.717, 1.165) is 48.4 Å². The number of ether oxygens (including phenoxy) is 1. The molecule has 1 N–H and O–H groups in total. The molecule has 4 fully saturated rings. The zero-order valence-corrected chi connectivity index (χ0v) is 15.5. The molecule has 5 nitrogen and oxygen atoms in total. The average molecular weight is 354 g/mol. The molecule has 1 aromatic rings. The first-order valence-electron chi connectivity index (χ1n) is 9.83. The van der Waals surface area contributed by atoms with E-state index >= 15 is 0 Å². The van der Waals surface area contributed by atoms with E-state index in [1.54, 1.807) is 18.9 Å². The Morgan fingerprint density at radius 1 is 1.15 bits per heavy atom. The first kappa shape index (κ1) is 16.2. The van der Waals surface area contributed by atoms with E-state index in [-0.39, 0.29) is 17.2 Å². The van der Waals surface area contributed by atoms with E-state index in [0.29, 0.717) is 5.75 Å². The van der Waals surface area contributed by atoms with Crippen LogP contribution >= 0.6 is 0 Å². The molecule has 26 heavy (non-hydrogen) atoms. The molecule has 0 aromatic heterocycles. The Morgan fingerprint density at radius 3 is 2.38 bits per heavy atom. The quantitative estimate of drug-likeness (QED) is 0.883. The highest BCUT2D eigenvalue weighted by molar-refractivity contribution is 6.00. The van der Waals surface area contributed by atoms with Crippen molar-refractivity contribution in [2.75, 3.05) is 17.3 Å². The Hall–Kier alpha value is -2.04. The molecule has 0 saturated heterocycles. The van der Waals surface area contributed by atoms with Gasteiger partial charge in [-0.05, 0) is 75.3 Å². The van der Waals surface area contributed by atoms with E-state index in [9.17, 15) is 9.59 Å². The summed E-state index contributed by atoms with van der Waals surface area (Å²) in [4.78, 5) is 26.9. The van der Waals surface area contributed by atoms with Gasteiger partial charge < -0.3 is 15.0 Å². The van der Waals surface area contributed by atoms with Crippen molar-refractivity contribution in [2.24, 2.45) is 23.2 Å². The number of hydrogen-bond acceptors (Lipinski definition) is 3. The summed E-state index contributed by atoms with van der Waals surface area (Å²) in [5.41, 5.74) is 1.35. The van der Waals surface area contributed by atoms with E-state index in [1.165, 1.54) is 19.3 Å². The Kier molecular flexibility index (Phi) is 3.40. The lowest BCUT2D eigenvalue weighted by Gasteiger charge is -2.55. The van der Waals surface area contributed by atoms with Crippen molar-refractivity contribution in [2.45, 2.75) is 51.6 Å². The molecule has 5 heteroatoms. The van der Waals surface area contributed by atoms with Crippen molar-refractivity contribution in [3.05, 3.63) is 18.2 Å². The lowest BCUT2D eigenvalue weighted by molar-refractivity contribution is -0.140. The van der Waals surface area contributed by atoms with Gasteiger partial charge in [0, 0.05) is 18.8 Å². The molecule has 4 saturated carbocycles. The number of hydrogen-bond donors (Lipinski definition) is 1. The standard InChI is InChI=1S/C21H26N2O3/c1-12-19(24)23(2)17-4-3-16(8-18(17)26-12)22-20(25)21-9-13-5-14(10-21)7-15(6-13)11-21/h3-4,8,12-15H,5-7,9-11H2,1-2H3,(H,22,25). The second-order valence-electron chi connectivity index (χ2n) is 8.99. The summed E-state index contributed by atoms with van der Waals surface area (Å²) in [6, 6.07) is 5.59. The molecule has 0 spiro atoms. The zero-order valence-electron chi connectivity index (χ0n) is 15.5. The Bertz CT molecular complexity index is 752. The molecule has 1 aliphatic heterocycles. The van der Waals surface area contributed by atoms with Gasteiger partial charge in [-0.3, -0.25) is 9.59 Å². The van der Waals surface area contributed by atoms with Crippen LogP contribution in [0.15, 0.2) is 18.2 Å². The van der Waals surface area contributed by atoms with Gasteiger partial charge in [-0.1, -0.05) is 0 Å². The van der Waals surface area contributed by atoms with Gasteiger partial charge >= 0.3 is 0 Å². The number of likely N-dealkylation sites (N-methyl/N-ethyl adjacent to an activating group) is 1. The monoisotopic (exact) mass is 354 g/mol. The summed E-state index contributed by atoms with van der Waals surface area (Å²) in [6.45, 7) is 1.75. The van der Waals surface area contributed by atoms with Crippen LogP contribution in [0.25, 0.3) is 0 Å². The molecule has 0 radical (unpaired) electrons. The molecule has 1 unspecified atom stereocenters. The zero-order chi connectivity index (χ0) is 18.1. The second kappa shape index (κ2) is 5.48. The number of carbonyl (C=O) groups is 2. The second-order valence-corrected chi connectivity index (χ2v) is 8.99. The van der Waals surface area contributed by atoms with Crippen LogP contribution in [0.1, 0.15) is 45.4 Å². The van der Waals surface area contributed by atoms with Crippen molar-refractivity contribution in [3.8, 4) is 5.75 Å². The smallest absolute Gasteiger partial charge is 0.267 e. The van der Waals surface area contributed by atoms with Crippen molar-refractivity contribution in [1.29, 1.82) is 0 Å². The Labute approximate surface area is 154 Å². The number of benzene rings is 1. The lowest BCUT2D eigenvalue weighted by atomic mass is 9.49. The molecule has 2 amide bonds. The average Bonchev–Trinajstić information content (AvgIpc) is 2.58. The molecule has 6 rings (SSSR count). The van der Waals surface area contributed by atoms with Gasteiger partial charge in [-0.25, -0.2) is 0 Å². The van der Waals surface area contributed by atoms with Gasteiger partial charge in [0.2, 0.25) is 5.91 Å². The van der Waals surface area contributed by atoms with Crippen molar-refractivity contribution < 1.29 is 14.3 Å². The van der Waals surface area contributed by atoms with Gasteiger partial charge in [0.25, 0.3) is 5.91 Å². The minimum Gasteiger partial charge on any atom is -0.479 e. The van der Waals surface area contributed by atoms with Crippen LogP contribution in [0.4, 0.5) is 11.4 Å². The summed E-state index contributed by atoms with van der Waals surface area (Å²) >= 11 is 0. The van der Waals surface area contributed by atoms with Crippen LogP contribution in [0.2, 0.25) is 0 Å². The summed E-state index contributed by atoms with van der Waals surface area (Å²) in [5.74, 6) is 3.04. The summed E-state index contributed by atoms with van der Waals surface area (Å²) < 4.78 is 5.74. The van der Waals surface area contributed by atoms with Crippen molar-refractivity contribution >= 4 is 23.2 Å². The summed E-state index contributed by atoms with van der Waals surface area (Å²) in [7, 11) is 1.76. The third-order valence-electron chi connectivity index (χ3n) is 7.08. The van der Waals surface area contributed by atoms with Gasteiger partial charge in [0.05, 0.1) is 11.1 Å². The largest absolute Gasteiger partial charge is 0.479 e. The minimum atomic E-state index is -0.499. The van der Waals surface area contributed by atoms with Crippen LogP contribution in [-0.2, 0) is 9.59 Å². The number of rotatable bonds is 2. The lowest BCUT2D eigenvalue weighted by Crippen LogP contribution is -2.51. The molecular formula is C21H26N2O3. The Morgan fingerprint density at radius 2 is 1.77 bits per heavy atom. The fraction of sp³-hybridized carbons (Fsp3) is 0.619.